The van der Waals surface area contributed by atoms with E-state index < -0.39 is 5.91 Å². The van der Waals surface area contributed by atoms with Gasteiger partial charge in [-0.2, -0.15) is 5.10 Å². The Kier molecular flexibility index (Phi) is 5.77. The third-order valence-corrected chi connectivity index (χ3v) is 6.81. The van der Waals surface area contributed by atoms with Crippen LogP contribution in [0.3, 0.4) is 0 Å². The Morgan fingerprint density at radius 3 is 2.42 bits per heavy atom. The van der Waals surface area contributed by atoms with Crippen molar-refractivity contribution in [2.24, 2.45) is 5.73 Å². The minimum atomic E-state index is -0.627. The molecule has 0 fully saturated rings. The van der Waals surface area contributed by atoms with Gasteiger partial charge in [-0.1, -0.05) is 52.3 Å². The molecular formula is C29H20BrN5O3. The van der Waals surface area contributed by atoms with E-state index >= 15 is 0 Å². The van der Waals surface area contributed by atoms with Crippen molar-refractivity contribution < 1.29 is 14.0 Å². The second-order valence-electron chi connectivity index (χ2n) is 8.77. The zero-order chi connectivity index (χ0) is 26.4. The number of halogens is 1. The van der Waals surface area contributed by atoms with Gasteiger partial charge in [-0.15, -0.1) is 0 Å². The molecule has 38 heavy (non-hydrogen) atoms. The number of rotatable bonds is 5. The van der Waals surface area contributed by atoms with E-state index in [0.29, 0.717) is 32.9 Å². The average molecular weight is 566 g/mol. The van der Waals surface area contributed by atoms with Gasteiger partial charge in [0.1, 0.15) is 5.52 Å². The first-order chi connectivity index (χ1) is 18.4. The molecule has 0 spiro atoms. The number of carbonyl (C=O) groups excluding carboxylic acids is 2. The zero-order valence-corrected chi connectivity index (χ0v) is 21.7. The van der Waals surface area contributed by atoms with Crippen LogP contribution in [-0.4, -0.2) is 27.0 Å². The van der Waals surface area contributed by atoms with Crippen LogP contribution in [0.5, 0.6) is 0 Å². The topological polar surface area (TPSA) is 118 Å². The summed E-state index contributed by atoms with van der Waals surface area (Å²) in [5, 5.41) is 9.42. The van der Waals surface area contributed by atoms with Crippen molar-refractivity contribution in [3.8, 4) is 22.7 Å². The van der Waals surface area contributed by atoms with Crippen LogP contribution in [-0.2, 0) is 4.79 Å². The fourth-order valence-electron chi connectivity index (χ4n) is 4.56. The number of nitrogens with two attached hydrogens (primary N) is 1. The third kappa shape index (κ3) is 4.12. The quantitative estimate of drug-likeness (QED) is 0.244. The lowest BCUT2D eigenvalue weighted by molar-refractivity contribution is -0.115. The number of aromatic amines is 1. The highest BCUT2D eigenvalue weighted by Gasteiger charge is 2.21. The lowest BCUT2D eigenvalue weighted by atomic mass is 10.1. The minimum Gasteiger partial charge on any atom is -0.436 e. The van der Waals surface area contributed by atoms with Crippen LogP contribution >= 0.6 is 15.9 Å². The van der Waals surface area contributed by atoms with E-state index in [1.54, 1.807) is 36.5 Å². The highest BCUT2D eigenvalue weighted by atomic mass is 79.9. The number of H-pyrrole nitrogens is 1. The van der Waals surface area contributed by atoms with Crippen molar-refractivity contribution in [3.05, 3.63) is 95.1 Å². The van der Waals surface area contributed by atoms with Crippen LogP contribution in [0.4, 0.5) is 11.4 Å². The average Bonchev–Trinajstić information content (AvgIpc) is 3.55. The summed E-state index contributed by atoms with van der Waals surface area (Å²) in [5.41, 5.74) is 10.5. The molecule has 0 aliphatic carbocycles. The first-order valence-corrected chi connectivity index (χ1v) is 12.5. The molecule has 0 radical (unpaired) electrons. The van der Waals surface area contributed by atoms with E-state index in [1.165, 1.54) is 11.8 Å². The fraction of sp³-hybridized carbons (Fsp3) is 0.0345. The number of primary amides is 1. The van der Waals surface area contributed by atoms with Crippen LogP contribution in [0.2, 0.25) is 0 Å². The molecule has 3 N–H and O–H groups in total. The second kappa shape index (κ2) is 9.28. The van der Waals surface area contributed by atoms with Crippen molar-refractivity contribution in [2.75, 3.05) is 4.90 Å². The molecule has 6 aromatic rings. The minimum absolute atomic E-state index is 0.234. The number of nitrogens with zero attached hydrogens (tertiary/aromatic N) is 3. The van der Waals surface area contributed by atoms with Crippen LogP contribution in [0.15, 0.2) is 93.9 Å². The maximum absolute atomic E-state index is 12.7. The Morgan fingerprint density at radius 2 is 1.71 bits per heavy atom. The number of nitrogens with one attached hydrogen (secondary N) is 1. The summed E-state index contributed by atoms with van der Waals surface area (Å²) in [6.07, 6.45) is 1.68. The van der Waals surface area contributed by atoms with Gasteiger partial charge >= 0.3 is 0 Å². The van der Waals surface area contributed by atoms with E-state index in [0.717, 1.165) is 27.5 Å². The van der Waals surface area contributed by atoms with Crippen LogP contribution < -0.4 is 10.6 Å². The summed E-state index contributed by atoms with van der Waals surface area (Å²) in [4.78, 5) is 30.9. The number of hydrogen-bond donors (Lipinski definition) is 2. The SMILES string of the molecule is CC(=O)N(c1ccc(-c2[nH]ncc2-c2nc3cc4ccccc4cc3o2)cc1)c1ccc(Br)cc1C(N)=O. The van der Waals surface area contributed by atoms with E-state index in [-0.39, 0.29) is 11.5 Å². The molecule has 0 saturated heterocycles. The zero-order valence-electron chi connectivity index (χ0n) is 20.1. The number of aromatic nitrogens is 3. The number of benzene rings is 4. The molecule has 6 rings (SSSR count). The van der Waals surface area contributed by atoms with Crippen LogP contribution in [0.25, 0.3) is 44.6 Å². The predicted octanol–water partition coefficient (Wildman–Crippen LogP) is 6.58. The Morgan fingerprint density at radius 1 is 0.974 bits per heavy atom. The molecule has 0 bridgehead atoms. The summed E-state index contributed by atoms with van der Waals surface area (Å²) >= 11 is 3.35. The molecule has 0 aliphatic rings. The highest BCUT2D eigenvalue weighted by Crippen LogP contribution is 2.36. The first kappa shape index (κ1) is 23.6. The standard InChI is InChI=1S/C29H20BrN5O3/c1-16(36)35(25-11-8-20(30)14-22(25)28(31)37)21-9-6-17(7-10-21)27-23(15-32-34-27)29-33-24-12-18-4-2-3-5-19(18)13-26(24)38-29/h2-15H,1H3,(H2,31,37)(H,32,34). The maximum Gasteiger partial charge on any atom is 0.250 e. The van der Waals surface area contributed by atoms with Crippen molar-refractivity contribution in [2.45, 2.75) is 6.92 Å². The van der Waals surface area contributed by atoms with E-state index in [9.17, 15) is 9.59 Å². The molecule has 2 amide bonds. The van der Waals surface area contributed by atoms with Gasteiger partial charge in [-0.05, 0) is 53.2 Å². The molecule has 2 aromatic heterocycles. The number of amides is 2. The Hall–Kier alpha value is -4.76. The molecule has 4 aromatic carbocycles. The van der Waals surface area contributed by atoms with Crippen molar-refractivity contribution in [3.63, 3.8) is 0 Å². The molecule has 0 saturated carbocycles. The number of carbonyl (C=O) groups is 2. The van der Waals surface area contributed by atoms with Gasteiger partial charge in [0.2, 0.25) is 11.8 Å². The van der Waals surface area contributed by atoms with Gasteiger partial charge in [0, 0.05) is 22.6 Å². The lowest BCUT2D eigenvalue weighted by Gasteiger charge is -2.23. The summed E-state index contributed by atoms with van der Waals surface area (Å²) in [6, 6.07) is 24.4. The van der Waals surface area contributed by atoms with Crippen molar-refractivity contribution >= 4 is 61.0 Å². The van der Waals surface area contributed by atoms with E-state index in [4.69, 9.17) is 15.1 Å². The van der Waals surface area contributed by atoms with Gasteiger partial charge in [0.05, 0.1) is 28.7 Å². The van der Waals surface area contributed by atoms with E-state index in [1.807, 2.05) is 48.5 Å². The Bertz CT molecular complexity index is 1800. The lowest BCUT2D eigenvalue weighted by Crippen LogP contribution is -2.26. The molecule has 9 heteroatoms. The summed E-state index contributed by atoms with van der Waals surface area (Å²) in [7, 11) is 0. The molecule has 2 heterocycles. The largest absolute Gasteiger partial charge is 0.436 e. The fourth-order valence-corrected chi connectivity index (χ4v) is 4.93. The molecule has 8 nitrogen and oxygen atoms in total. The van der Waals surface area contributed by atoms with Gasteiger partial charge in [0.15, 0.2) is 5.58 Å². The monoisotopic (exact) mass is 565 g/mol. The summed E-state index contributed by atoms with van der Waals surface area (Å²) in [5.74, 6) is -0.435. The van der Waals surface area contributed by atoms with Gasteiger partial charge < -0.3 is 10.2 Å². The second-order valence-corrected chi connectivity index (χ2v) is 9.69. The number of anilines is 2. The smallest absolute Gasteiger partial charge is 0.250 e. The Labute approximate surface area is 225 Å². The highest BCUT2D eigenvalue weighted by molar-refractivity contribution is 9.10. The van der Waals surface area contributed by atoms with Crippen LogP contribution in [0.1, 0.15) is 17.3 Å². The number of hydrogen-bond acceptors (Lipinski definition) is 5. The van der Waals surface area contributed by atoms with Crippen molar-refractivity contribution in [1.82, 2.24) is 15.2 Å². The summed E-state index contributed by atoms with van der Waals surface area (Å²) < 4.78 is 6.80. The van der Waals surface area contributed by atoms with Crippen molar-refractivity contribution in [1.29, 1.82) is 0 Å². The molecule has 0 atom stereocenters. The third-order valence-electron chi connectivity index (χ3n) is 6.32. The number of oxazole rings is 1. The van der Waals surface area contributed by atoms with Gasteiger partial charge in [0.25, 0.3) is 5.91 Å². The molecular weight excluding hydrogens is 546 g/mol. The Balaban J connectivity index is 1.37. The van der Waals surface area contributed by atoms with Gasteiger partial charge in [-0.25, -0.2) is 4.98 Å². The first-order valence-electron chi connectivity index (χ1n) is 11.7. The predicted molar refractivity (Wildman–Crippen MR) is 150 cm³/mol. The maximum atomic E-state index is 12.7. The summed E-state index contributed by atoms with van der Waals surface area (Å²) in [6.45, 7) is 1.43. The normalized spacial score (nSPS) is 11.2. The van der Waals surface area contributed by atoms with Gasteiger partial charge in [-0.3, -0.25) is 19.6 Å². The van der Waals surface area contributed by atoms with Crippen LogP contribution in [0, 0.1) is 0 Å². The van der Waals surface area contributed by atoms with E-state index in [2.05, 4.69) is 26.1 Å². The molecule has 0 aliphatic heterocycles. The molecule has 0 unspecified atom stereocenters. The number of fused-ring (bicyclic) bond motifs is 2. The molecule has 186 valence electrons.